The van der Waals surface area contributed by atoms with E-state index >= 15 is 0 Å². The van der Waals surface area contributed by atoms with Crippen LogP contribution in [0.25, 0.3) is 0 Å². The van der Waals surface area contributed by atoms with E-state index in [0.717, 1.165) is 81.0 Å². The number of hydrogen-bond acceptors (Lipinski definition) is 7. The van der Waals surface area contributed by atoms with E-state index in [4.69, 9.17) is 32.7 Å². The van der Waals surface area contributed by atoms with Crippen molar-refractivity contribution in [2.24, 2.45) is 0 Å². The van der Waals surface area contributed by atoms with Gasteiger partial charge in [0, 0.05) is 42.2 Å². The molecule has 0 unspecified atom stereocenters. The van der Waals surface area contributed by atoms with Crippen LogP contribution in [0.4, 0.5) is 0 Å². The minimum atomic E-state index is -1.42. The minimum absolute atomic E-state index is 0.435. The largest absolute Gasteiger partial charge is 0.492 e. The van der Waals surface area contributed by atoms with E-state index < -0.39 is 21.7 Å². The molecular formula is C47H40O7P2. The smallest absolute Gasteiger partial charge is 0.173 e. The second-order valence-electron chi connectivity index (χ2n) is 15.2. The molecule has 5 heterocycles. The molecule has 0 radical (unpaired) electrons. The van der Waals surface area contributed by atoms with Gasteiger partial charge in [0.05, 0.1) is 47.6 Å². The summed E-state index contributed by atoms with van der Waals surface area (Å²) in [4.78, 5) is 0. The van der Waals surface area contributed by atoms with E-state index in [-0.39, 0.29) is 0 Å². The summed E-state index contributed by atoms with van der Waals surface area (Å²) in [5.41, 5.74) is 6.47. The van der Waals surface area contributed by atoms with Crippen molar-refractivity contribution in [3.8, 4) is 46.0 Å². The molecule has 0 N–H and O–H groups in total. The average Bonchev–Trinajstić information content (AvgIpc) is 4.06. The van der Waals surface area contributed by atoms with Crippen molar-refractivity contribution < 1.29 is 32.7 Å². The second-order valence-corrected chi connectivity index (χ2v) is 18.7. The van der Waals surface area contributed by atoms with Crippen LogP contribution in [0.2, 0.25) is 0 Å². The van der Waals surface area contributed by atoms with Crippen molar-refractivity contribution in [1.82, 2.24) is 0 Å². The lowest BCUT2D eigenvalue weighted by Gasteiger charge is -2.36. The van der Waals surface area contributed by atoms with E-state index in [1.807, 2.05) is 12.1 Å². The predicted octanol–water partition coefficient (Wildman–Crippen LogP) is 8.71. The quantitative estimate of drug-likeness (QED) is 0.143. The molecule has 7 nitrogen and oxygen atoms in total. The molecule has 280 valence electrons. The number of benzene rings is 6. The standard InChI is InChI=1S/C47H40O7P2/c1-47(2)33-13-7-15-35(53-55(37-17-3-9-29-21-25-48-41(29)37)38-18-4-10-30-22-26-49-42(30)38)45(33)52-46-34(47)14-8-16-36(46)54-56(39-19-5-11-31-23-27-50-43(31)39)40-20-6-12-32-24-28-51-44(32)40/h3-20H,21-28H2,1-2H3. The monoisotopic (exact) mass is 778 g/mol. The van der Waals surface area contributed by atoms with E-state index in [9.17, 15) is 0 Å². The van der Waals surface area contributed by atoms with Crippen molar-refractivity contribution in [2.45, 2.75) is 44.9 Å². The Morgan fingerprint density at radius 3 is 1.07 bits per heavy atom. The highest BCUT2D eigenvalue weighted by Gasteiger charge is 2.40. The van der Waals surface area contributed by atoms with Crippen molar-refractivity contribution in [2.75, 3.05) is 26.4 Å². The first-order valence-corrected chi connectivity index (χ1v) is 21.9. The Kier molecular flexibility index (Phi) is 8.19. The average molecular weight is 779 g/mol. The van der Waals surface area contributed by atoms with Gasteiger partial charge < -0.3 is 32.7 Å². The highest BCUT2D eigenvalue weighted by atomic mass is 31.1. The van der Waals surface area contributed by atoms with Crippen molar-refractivity contribution in [3.05, 3.63) is 143 Å². The molecule has 0 fully saturated rings. The molecule has 6 aromatic carbocycles. The third-order valence-corrected chi connectivity index (χ3v) is 15.5. The van der Waals surface area contributed by atoms with Gasteiger partial charge in [0.25, 0.3) is 0 Å². The molecule has 11 rings (SSSR count). The van der Waals surface area contributed by atoms with Gasteiger partial charge in [0.1, 0.15) is 23.0 Å². The fraction of sp³-hybridized carbons (Fsp3) is 0.234. The second kappa shape index (κ2) is 13.5. The van der Waals surface area contributed by atoms with Crippen molar-refractivity contribution in [1.29, 1.82) is 0 Å². The van der Waals surface area contributed by atoms with Gasteiger partial charge in [-0.3, -0.25) is 0 Å². The topological polar surface area (TPSA) is 64.6 Å². The molecule has 56 heavy (non-hydrogen) atoms. The van der Waals surface area contributed by atoms with Crippen molar-refractivity contribution >= 4 is 37.5 Å². The first-order chi connectivity index (χ1) is 27.5. The zero-order chi connectivity index (χ0) is 37.4. The Morgan fingerprint density at radius 1 is 0.411 bits per heavy atom. The summed E-state index contributed by atoms with van der Waals surface area (Å²) >= 11 is 0. The summed E-state index contributed by atoms with van der Waals surface area (Å²) < 4.78 is 46.9. The molecule has 5 aliphatic heterocycles. The Morgan fingerprint density at radius 2 is 0.732 bits per heavy atom. The summed E-state index contributed by atoms with van der Waals surface area (Å²) in [7, 11) is -2.84. The number of ether oxygens (including phenoxy) is 5. The third kappa shape index (κ3) is 5.46. The van der Waals surface area contributed by atoms with Crippen LogP contribution in [-0.2, 0) is 31.1 Å². The maximum Gasteiger partial charge on any atom is 0.173 e. The van der Waals surface area contributed by atoms with Gasteiger partial charge in [-0.2, -0.15) is 0 Å². The van der Waals surface area contributed by atoms with Gasteiger partial charge >= 0.3 is 0 Å². The normalized spacial score (nSPS) is 16.3. The van der Waals surface area contributed by atoms with E-state index in [0.29, 0.717) is 49.4 Å². The Labute approximate surface area is 329 Å². The van der Waals surface area contributed by atoms with Gasteiger partial charge in [-0.25, -0.2) is 0 Å². The van der Waals surface area contributed by atoms with Crippen LogP contribution in [0.1, 0.15) is 47.2 Å². The maximum absolute atomic E-state index is 7.31. The molecular weight excluding hydrogens is 738 g/mol. The zero-order valence-corrected chi connectivity index (χ0v) is 33.1. The molecule has 0 atom stereocenters. The molecule has 0 aliphatic carbocycles. The molecule has 0 spiro atoms. The first kappa shape index (κ1) is 34.1. The van der Waals surface area contributed by atoms with Gasteiger partial charge in [-0.1, -0.05) is 86.6 Å². The summed E-state index contributed by atoms with van der Waals surface area (Å²) in [6.07, 6.45) is 3.52. The fourth-order valence-electron chi connectivity index (χ4n) is 8.70. The predicted molar refractivity (Wildman–Crippen MR) is 221 cm³/mol. The highest BCUT2D eigenvalue weighted by molar-refractivity contribution is 7.69. The summed E-state index contributed by atoms with van der Waals surface area (Å²) in [6, 6.07) is 38.1. The summed E-state index contributed by atoms with van der Waals surface area (Å²) in [6.45, 7) is 7.14. The molecule has 5 aliphatic rings. The SMILES string of the molecule is CC1(C)c2cccc(OP(c3cccc4c3OCC4)c3cccc4c3OCC4)c2Oc2c(OP(c3cccc4c3OCC4)c3cccc4c3OCC4)cccc21. The lowest BCUT2D eigenvalue weighted by Crippen LogP contribution is -2.26. The molecule has 0 saturated heterocycles. The molecule has 0 bridgehead atoms. The Bertz CT molecular complexity index is 2260. The van der Waals surface area contributed by atoms with Crippen LogP contribution >= 0.6 is 16.3 Å². The molecule has 0 aromatic heterocycles. The fourth-order valence-corrected chi connectivity index (χ4v) is 12.8. The van der Waals surface area contributed by atoms with Crippen LogP contribution in [0.5, 0.6) is 46.0 Å². The number of fused-ring (bicyclic) bond motifs is 6. The maximum atomic E-state index is 7.31. The van der Waals surface area contributed by atoms with Gasteiger partial charge in [-0.05, 0) is 58.7 Å². The number of para-hydroxylation sites is 6. The highest BCUT2D eigenvalue weighted by Crippen LogP contribution is 2.58. The lowest BCUT2D eigenvalue weighted by atomic mass is 9.75. The zero-order valence-electron chi connectivity index (χ0n) is 31.3. The van der Waals surface area contributed by atoms with E-state index in [2.05, 4.69) is 111 Å². The first-order valence-electron chi connectivity index (χ1n) is 19.4. The molecule has 9 heteroatoms. The van der Waals surface area contributed by atoms with Gasteiger partial charge in [0.2, 0.25) is 0 Å². The van der Waals surface area contributed by atoms with Gasteiger partial charge in [0.15, 0.2) is 39.3 Å². The van der Waals surface area contributed by atoms with E-state index in [1.165, 1.54) is 22.3 Å². The van der Waals surface area contributed by atoms with Crippen LogP contribution in [-0.4, -0.2) is 26.4 Å². The molecule has 0 amide bonds. The molecule has 6 aromatic rings. The molecule has 0 saturated carbocycles. The van der Waals surface area contributed by atoms with Crippen molar-refractivity contribution in [3.63, 3.8) is 0 Å². The lowest BCUT2D eigenvalue weighted by molar-refractivity contribution is 0.358. The summed E-state index contributed by atoms with van der Waals surface area (Å²) in [5.74, 6) is 6.38. The van der Waals surface area contributed by atoms with E-state index in [1.54, 1.807) is 0 Å². The summed E-state index contributed by atoms with van der Waals surface area (Å²) in [5, 5.41) is 4.16. The van der Waals surface area contributed by atoms with Crippen LogP contribution in [0.3, 0.4) is 0 Å². The Balaban J connectivity index is 1.03. The third-order valence-electron chi connectivity index (χ3n) is 11.5. The number of rotatable bonds is 8. The van der Waals surface area contributed by atoms with Crippen LogP contribution < -0.4 is 53.9 Å². The van der Waals surface area contributed by atoms with Crippen LogP contribution in [0, 0.1) is 0 Å². The minimum Gasteiger partial charge on any atom is -0.492 e. The van der Waals surface area contributed by atoms with Crippen LogP contribution in [0.15, 0.2) is 109 Å². The number of hydrogen-bond donors (Lipinski definition) is 0. The Hall–Kier alpha value is -5.22. The van der Waals surface area contributed by atoms with Gasteiger partial charge in [-0.15, -0.1) is 0 Å².